The number of hydrogen-bond donors (Lipinski definition) is 3. The lowest BCUT2D eigenvalue weighted by atomic mass is 10.1. The maximum Gasteiger partial charge on any atom is 0.272 e. The number of nitrogens with zero attached hydrogens (tertiary/aromatic N) is 1. The van der Waals surface area contributed by atoms with Crippen molar-refractivity contribution in [3.05, 3.63) is 129 Å². The van der Waals surface area contributed by atoms with E-state index in [0.29, 0.717) is 38.6 Å². The number of thioether (sulfide) groups is 1. The van der Waals surface area contributed by atoms with Gasteiger partial charge >= 0.3 is 0 Å². The van der Waals surface area contributed by atoms with Crippen molar-refractivity contribution in [3.63, 3.8) is 0 Å². The highest BCUT2D eigenvalue weighted by atomic mass is 35.5. The molecule has 1 atom stereocenters. The van der Waals surface area contributed by atoms with E-state index in [1.807, 2.05) is 43.5 Å². The van der Waals surface area contributed by atoms with Crippen molar-refractivity contribution >= 4 is 80.9 Å². The summed E-state index contributed by atoms with van der Waals surface area (Å²) in [5.74, 6) is -0.396. The Bertz CT molecular complexity index is 1930. The van der Waals surface area contributed by atoms with E-state index in [4.69, 9.17) is 27.9 Å². The van der Waals surface area contributed by atoms with Gasteiger partial charge in [-0.05, 0) is 98.3 Å². The Balaban J connectivity index is 1.21. The van der Waals surface area contributed by atoms with Crippen molar-refractivity contribution in [2.75, 3.05) is 17.2 Å². The van der Waals surface area contributed by atoms with E-state index in [1.54, 1.807) is 72.8 Å². The summed E-state index contributed by atoms with van der Waals surface area (Å²) < 4.78 is 5.50. The fraction of sp³-hybridized carbons (Fsp3) is 0.111. The van der Waals surface area contributed by atoms with E-state index in [2.05, 4.69) is 20.9 Å². The number of ether oxygens (including phenoxy) is 1. The van der Waals surface area contributed by atoms with Gasteiger partial charge in [-0.2, -0.15) is 0 Å². The van der Waals surface area contributed by atoms with Crippen LogP contribution in [0.3, 0.4) is 0 Å². The second-order valence-corrected chi connectivity index (χ2v) is 13.4. The van der Waals surface area contributed by atoms with Crippen LogP contribution >= 0.6 is 46.3 Å². The van der Waals surface area contributed by atoms with Gasteiger partial charge in [0.25, 0.3) is 11.8 Å². The predicted molar refractivity (Wildman–Crippen MR) is 196 cm³/mol. The molecule has 0 spiro atoms. The van der Waals surface area contributed by atoms with Gasteiger partial charge in [0.1, 0.15) is 11.4 Å². The standard InChI is InChI=1S/C36H30Cl2N4O4S2/c1-3-46-28-15-10-23(11-16-28)32-21-47-36(41-32)42-33(43)22(2)48-29-17-13-27(14-18-29)39-35(45)31(19-25-9-12-26(37)20-30(25)38)40-34(44)24-7-5-4-6-8-24/h4-22H,3H2,1-2H3,(H,39,45)(H,40,44)(H,41,42,43)/b31-19-. The molecule has 48 heavy (non-hydrogen) atoms. The number of carbonyl (C=O) groups is 3. The van der Waals surface area contributed by atoms with Crippen molar-refractivity contribution in [2.45, 2.75) is 24.0 Å². The molecule has 0 radical (unpaired) electrons. The molecule has 4 aromatic carbocycles. The number of carbonyl (C=O) groups excluding carboxylic acids is 3. The lowest BCUT2D eigenvalue weighted by molar-refractivity contribution is -0.115. The first-order chi connectivity index (χ1) is 23.2. The maximum atomic E-state index is 13.4. The van der Waals surface area contributed by atoms with Gasteiger partial charge in [-0.3, -0.25) is 14.4 Å². The molecule has 0 bridgehead atoms. The molecule has 1 aromatic heterocycles. The quantitative estimate of drug-likeness (QED) is 0.0878. The van der Waals surface area contributed by atoms with Crippen molar-refractivity contribution in [3.8, 4) is 17.0 Å². The van der Waals surface area contributed by atoms with Gasteiger partial charge in [-0.15, -0.1) is 23.1 Å². The monoisotopic (exact) mass is 716 g/mol. The third-order valence-electron chi connectivity index (χ3n) is 6.78. The van der Waals surface area contributed by atoms with Gasteiger partial charge in [0.15, 0.2) is 5.13 Å². The van der Waals surface area contributed by atoms with Gasteiger partial charge in [-0.25, -0.2) is 4.98 Å². The summed E-state index contributed by atoms with van der Waals surface area (Å²) in [6, 6.07) is 28.1. The number of benzene rings is 4. The lowest BCUT2D eigenvalue weighted by Gasteiger charge is -2.13. The van der Waals surface area contributed by atoms with E-state index in [0.717, 1.165) is 21.9 Å². The van der Waals surface area contributed by atoms with E-state index in [-0.39, 0.29) is 11.6 Å². The summed E-state index contributed by atoms with van der Waals surface area (Å²) in [7, 11) is 0. The highest BCUT2D eigenvalue weighted by Crippen LogP contribution is 2.29. The fourth-order valence-corrected chi connectivity index (χ4v) is 6.40. The molecule has 0 saturated carbocycles. The zero-order chi connectivity index (χ0) is 34.0. The van der Waals surface area contributed by atoms with Gasteiger partial charge < -0.3 is 20.7 Å². The molecule has 1 unspecified atom stereocenters. The number of halogens is 2. The second kappa shape index (κ2) is 16.5. The number of aromatic nitrogens is 1. The van der Waals surface area contributed by atoms with Gasteiger partial charge in [0.2, 0.25) is 5.91 Å². The molecular formula is C36H30Cl2N4O4S2. The highest BCUT2D eigenvalue weighted by Gasteiger charge is 2.18. The first-order valence-corrected chi connectivity index (χ1v) is 17.3. The average Bonchev–Trinajstić information content (AvgIpc) is 3.55. The first kappa shape index (κ1) is 34.7. The van der Waals surface area contributed by atoms with Crippen molar-refractivity contribution in [1.29, 1.82) is 0 Å². The largest absolute Gasteiger partial charge is 0.494 e. The van der Waals surface area contributed by atoms with Crippen LogP contribution in [0.1, 0.15) is 29.8 Å². The first-order valence-electron chi connectivity index (χ1n) is 14.8. The SMILES string of the molecule is CCOc1ccc(-c2csc(NC(=O)C(C)Sc3ccc(NC(=O)/C(=C/c4ccc(Cl)cc4Cl)NC(=O)c4ccccc4)cc3)n2)cc1. The minimum atomic E-state index is -0.550. The number of nitrogens with one attached hydrogen (secondary N) is 3. The Hall–Kier alpha value is -4.61. The molecule has 0 saturated heterocycles. The molecule has 5 rings (SSSR count). The summed E-state index contributed by atoms with van der Waals surface area (Å²) in [6.45, 7) is 4.34. The molecule has 3 N–H and O–H groups in total. The molecule has 244 valence electrons. The Morgan fingerprint density at radius 1 is 0.938 bits per heavy atom. The van der Waals surface area contributed by atoms with Crippen molar-refractivity contribution in [2.24, 2.45) is 0 Å². The molecule has 0 fully saturated rings. The molecule has 1 heterocycles. The lowest BCUT2D eigenvalue weighted by Crippen LogP contribution is -2.30. The summed E-state index contributed by atoms with van der Waals surface area (Å²) in [5.41, 5.74) is 3.08. The fourth-order valence-electron chi connectivity index (χ4n) is 4.35. The molecule has 3 amide bonds. The van der Waals surface area contributed by atoms with Gasteiger partial charge in [0.05, 0.1) is 17.6 Å². The predicted octanol–water partition coefficient (Wildman–Crippen LogP) is 9.04. The van der Waals surface area contributed by atoms with E-state index in [9.17, 15) is 14.4 Å². The molecule has 0 aliphatic carbocycles. The highest BCUT2D eigenvalue weighted by molar-refractivity contribution is 8.00. The molecular weight excluding hydrogens is 687 g/mol. The van der Waals surface area contributed by atoms with Gasteiger partial charge in [-0.1, -0.05) is 47.5 Å². The van der Waals surface area contributed by atoms with Crippen molar-refractivity contribution in [1.82, 2.24) is 10.3 Å². The number of anilines is 2. The average molecular weight is 718 g/mol. The molecule has 0 aliphatic heterocycles. The number of thiazole rings is 1. The Morgan fingerprint density at radius 3 is 2.35 bits per heavy atom. The van der Waals surface area contributed by atoms with Crippen LogP contribution in [0.5, 0.6) is 5.75 Å². The normalized spacial score (nSPS) is 11.8. The maximum absolute atomic E-state index is 13.4. The molecule has 5 aromatic rings. The number of rotatable bonds is 12. The smallest absolute Gasteiger partial charge is 0.272 e. The molecule has 0 aliphatic rings. The zero-order valence-electron chi connectivity index (χ0n) is 25.8. The summed E-state index contributed by atoms with van der Waals surface area (Å²) in [5, 5.41) is 11.2. The van der Waals surface area contributed by atoms with Gasteiger partial charge in [0, 0.05) is 37.1 Å². The number of amides is 3. The summed E-state index contributed by atoms with van der Waals surface area (Å²) in [4.78, 5) is 44.7. The van der Waals surface area contributed by atoms with Crippen LogP contribution in [0.4, 0.5) is 10.8 Å². The van der Waals surface area contributed by atoms with E-state index < -0.39 is 17.1 Å². The Morgan fingerprint density at radius 2 is 1.67 bits per heavy atom. The summed E-state index contributed by atoms with van der Waals surface area (Å²) in [6.07, 6.45) is 1.49. The Kier molecular flexibility index (Phi) is 11.9. The molecule has 8 nitrogen and oxygen atoms in total. The van der Waals surface area contributed by atoms with E-state index in [1.165, 1.54) is 29.2 Å². The van der Waals surface area contributed by atoms with Crippen LogP contribution in [0.25, 0.3) is 17.3 Å². The molecule has 12 heteroatoms. The van der Waals surface area contributed by atoms with E-state index >= 15 is 0 Å². The van der Waals surface area contributed by atoms with Crippen LogP contribution < -0.4 is 20.7 Å². The minimum absolute atomic E-state index is 0.00955. The van der Waals surface area contributed by atoms with Crippen LogP contribution in [0.2, 0.25) is 10.0 Å². The zero-order valence-corrected chi connectivity index (χ0v) is 29.0. The second-order valence-electron chi connectivity index (χ2n) is 10.3. The minimum Gasteiger partial charge on any atom is -0.494 e. The topological polar surface area (TPSA) is 109 Å². The number of hydrogen-bond acceptors (Lipinski definition) is 7. The van der Waals surface area contributed by atoms with Crippen LogP contribution in [0.15, 0.2) is 113 Å². The third kappa shape index (κ3) is 9.48. The third-order valence-corrected chi connectivity index (χ3v) is 9.21. The van der Waals surface area contributed by atoms with Crippen molar-refractivity contribution < 1.29 is 19.1 Å². The Labute approximate surface area is 296 Å². The summed E-state index contributed by atoms with van der Waals surface area (Å²) >= 11 is 15.1. The van der Waals surface area contributed by atoms with Crippen LogP contribution in [0, 0.1) is 0 Å². The van der Waals surface area contributed by atoms with Crippen LogP contribution in [-0.4, -0.2) is 34.6 Å². The van der Waals surface area contributed by atoms with Crippen LogP contribution in [-0.2, 0) is 9.59 Å².